The smallest absolute Gasteiger partial charge is 0.252 e. The summed E-state index contributed by atoms with van der Waals surface area (Å²) in [4.78, 5) is 22.6. The molecule has 0 unspecified atom stereocenters. The van der Waals surface area contributed by atoms with Crippen LogP contribution < -0.4 is 10.2 Å². The molecule has 0 bridgehead atoms. The summed E-state index contributed by atoms with van der Waals surface area (Å²) in [6.45, 7) is 13.7. The molecule has 1 aromatic carbocycles. The number of nitrogens with one attached hydrogen (secondary N) is 1. The number of ether oxygens (including phenoxy) is 1. The molecule has 1 amide bonds. The molecule has 0 spiro atoms. The van der Waals surface area contributed by atoms with Gasteiger partial charge in [0.05, 0.1) is 0 Å². The van der Waals surface area contributed by atoms with Gasteiger partial charge in [0.15, 0.2) is 5.82 Å². The average molecular weight is 442 g/mol. The quantitative estimate of drug-likeness (QED) is 0.737. The van der Waals surface area contributed by atoms with Crippen LogP contribution in [0.2, 0.25) is 0 Å². The van der Waals surface area contributed by atoms with Crippen molar-refractivity contribution in [2.24, 2.45) is 0 Å². The Labute approximate surface area is 190 Å². The third kappa shape index (κ3) is 4.81. The summed E-state index contributed by atoms with van der Waals surface area (Å²) in [6.07, 6.45) is 1.22. The van der Waals surface area contributed by atoms with Gasteiger partial charge in [-0.15, -0.1) is 0 Å². The number of amides is 1. The zero-order valence-corrected chi connectivity index (χ0v) is 19.6. The Morgan fingerprint density at radius 3 is 2.25 bits per heavy atom. The number of anilines is 1. The van der Waals surface area contributed by atoms with E-state index < -0.39 is 5.54 Å². The highest BCUT2D eigenvalue weighted by Gasteiger charge is 2.41. The molecule has 0 saturated carbocycles. The van der Waals surface area contributed by atoms with E-state index in [9.17, 15) is 4.79 Å². The van der Waals surface area contributed by atoms with E-state index in [0.29, 0.717) is 49.4 Å². The molecule has 32 heavy (non-hydrogen) atoms. The topological polar surface area (TPSA) is 83.7 Å². The van der Waals surface area contributed by atoms with Crippen LogP contribution in [0.1, 0.15) is 68.5 Å². The molecule has 8 nitrogen and oxygen atoms in total. The second kappa shape index (κ2) is 9.58. The largest absolute Gasteiger partial charge is 0.381 e. The molecule has 8 heteroatoms. The highest BCUT2D eigenvalue weighted by Crippen LogP contribution is 2.32. The second-order valence-electron chi connectivity index (χ2n) is 9.42. The third-order valence-corrected chi connectivity index (χ3v) is 6.61. The van der Waals surface area contributed by atoms with Gasteiger partial charge in [-0.1, -0.05) is 19.0 Å². The lowest BCUT2D eigenvalue weighted by atomic mass is 9.89. The van der Waals surface area contributed by atoms with Crippen molar-refractivity contribution in [3.63, 3.8) is 0 Å². The number of piperazine rings is 1. The SMILES string of the molecule is CC(C)c1noc(C2(NC(=O)c3ccc(N4CCN(C(C)C)CC4)cc3)CCOCC2)n1. The van der Waals surface area contributed by atoms with E-state index in [2.05, 4.69) is 39.1 Å². The van der Waals surface area contributed by atoms with E-state index in [1.54, 1.807) is 0 Å². The Morgan fingerprint density at radius 1 is 1.03 bits per heavy atom. The van der Waals surface area contributed by atoms with Crippen molar-refractivity contribution in [2.75, 3.05) is 44.3 Å². The van der Waals surface area contributed by atoms with Crippen LogP contribution in [0.3, 0.4) is 0 Å². The summed E-state index contributed by atoms with van der Waals surface area (Å²) < 4.78 is 11.1. The molecular weight excluding hydrogens is 406 g/mol. The Bertz CT molecular complexity index is 895. The van der Waals surface area contributed by atoms with E-state index >= 15 is 0 Å². The number of carbonyl (C=O) groups excluding carboxylic acids is 1. The van der Waals surface area contributed by atoms with Crippen molar-refractivity contribution in [3.8, 4) is 0 Å². The molecule has 4 rings (SSSR count). The van der Waals surface area contributed by atoms with Gasteiger partial charge in [-0.2, -0.15) is 4.98 Å². The van der Waals surface area contributed by atoms with Gasteiger partial charge in [0.25, 0.3) is 11.8 Å². The maximum absolute atomic E-state index is 13.2. The zero-order chi connectivity index (χ0) is 22.7. The van der Waals surface area contributed by atoms with Crippen LogP contribution in [-0.2, 0) is 10.3 Å². The minimum atomic E-state index is -0.693. The molecule has 2 saturated heterocycles. The molecule has 0 aliphatic carbocycles. The normalized spacial score (nSPS) is 19.5. The van der Waals surface area contributed by atoms with Crippen molar-refractivity contribution >= 4 is 11.6 Å². The molecule has 2 aromatic rings. The van der Waals surface area contributed by atoms with E-state index in [-0.39, 0.29) is 11.8 Å². The first-order valence-electron chi connectivity index (χ1n) is 11.7. The highest BCUT2D eigenvalue weighted by molar-refractivity contribution is 5.95. The Morgan fingerprint density at radius 2 is 1.69 bits per heavy atom. The fourth-order valence-corrected chi connectivity index (χ4v) is 4.39. The van der Waals surface area contributed by atoms with Crippen LogP contribution >= 0.6 is 0 Å². The highest BCUT2D eigenvalue weighted by atomic mass is 16.5. The van der Waals surface area contributed by atoms with Crippen LogP contribution in [0.15, 0.2) is 28.8 Å². The number of hydrogen-bond donors (Lipinski definition) is 1. The number of nitrogens with zero attached hydrogens (tertiary/aromatic N) is 4. The van der Waals surface area contributed by atoms with E-state index in [1.165, 1.54) is 0 Å². The lowest BCUT2D eigenvalue weighted by molar-refractivity contribution is 0.0222. The predicted octanol–water partition coefficient (Wildman–Crippen LogP) is 3.16. The first kappa shape index (κ1) is 22.7. The number of aromatic nitrogens is 2. The molecule has 1 aromatic heterocycles. The maximum Gasteiger partial charge on any atom is 0.252 e. The van der Waals surface area contributed by atoms with Crippen LogP contribution in [0.5, 0.6) is 0 Å². The summed E-state index contributed by atoms with van der Waals surface area (Å²) in [7, 11) is 0. The van der Waals surface area contributed by atoms with Crippen molar-refractivity contribution < 1.29 is 14.1 Å². The van der Waals surface area contributed by atoms with Crippen molar-refractivity contribution in [1.29, 1.82) is 0 Å². The fraction of sp³-hybridized carbons (Fsp3) is 0.625. The number of hydrogen-bond acceptors (Lipinski definition) is 7. The minimum absolute atomic E-state index is 0.132. The van der Waals surface area contributed by atoms with Gasteiger partial charge >= 0.3 is 0 Å². The fourth-order valence-electron chi connectivity index (χ4n) is 4.39. The summed E-state index contributed by atoms with van der Waals surface area (Å²) in [5, 5.41) is 7.31. The third-order valence-electron chi connectivity index (χ3n) is 6.61. The lowest BCUT2D eigenvalue weighted by Crippen LogP contribution is -2.50. The number of carbonyl (C=O) groups is 1. The Hall–Kier alpha value is -2.45. The standard InChI is InChI=1S/C24H35N5O3/c1-17(2)21-25-23(32-27-21)24(9-15-31-16-10-24)26-22(30)19-5-7-20(8-6-19)29-13-11-28(12-14-29)18(3)4/h5-8,17-18H,9-16H2,1-4H3,(H,26,30). The zero-order valence-electron chi connectivity index (χ0n) is 19.6. The van der Waals surface area contributed by atoms with Crippen molar-refractivity contribution in [2.45, 2.75) is 58.0 Å². The Balaban J connectivity index is 1.45. The monoisotopic (exact) mass is 441 g/mol. The number of rotatable bonds is 6. The molecular formula is C24H35N5O3. The van der Waals surface area contributed by atoms with Gasteiger partial charge in [0, 0.05) is 75.4 Å². The van der Waals surface area contributed by atoms with Gasteiger partial charge in [0.2, 0.25) is 0 Å². The van der Waals surface area contributed by atoms with Gasteiger partial charge < -0.3 is 19.5 Å². The number of benzene rings is 1. The summed E-state index contributed by atoms with van der Waals surface area (Å²) >= 11 is 0. The van der Waals surface area contributed by atoms with Gasteiger partial charge in [-0.25, -0.2) is 0 Å². The van der Waals surface area contributed by atoms with Crippen LogP contribution in [0, 0.1) is 0 Å². The maximum atomic E-state index is 13.2. The summed E-state index contributed by atoms with van der Waals surface area (Å²) in [5.41, 5.74) is 1.09. The first-order chi connectivity index (χ1) is 15.4. The average Bonchev–Trinajstić information content (AvgIpc) is 3.31. The lowest BCUT2D eigenvalue weighted by Gasteiger charge is -2.38. The molecule has 2 aliphatic heterocycles. The van der Waals surface area contributed by atoms with Crippen LogP contribution in [0.25, 0.3) is 0 Å². The molecule has 1 N–H and O–H groups in total. The van der Waals surface area contributed by atoms with E-state index in [0.717, 1.165) is 31.9 Å². The molecule has 0 radical (unpaired) electrons. The molecule has 0 atom stereocenters. The second-order valence-corrected chi connectivity index (χ2v) is 9.42. The van der Waals surface area contributed by atoms with Crippen molar-refractivity contribution in [1.82, 2.24) is 20.4 Å². The summed E-state index contributed by atoms with van der Waals surface area (Å²) in [6, 6.07) is 8.47. The van der Waals surface area contributed by atoms with E-state index in [4.69, 9.17) is 9.26 Å². The summed E-state index contributed by atoms with van der Waals surface area (Å²) in [5.74, 6) is 1.15. The van der Waals surface area contributed by atoms with Gasteiger partial charge in [-0.05, 0) is 38.1 Å². The van der Waals surface area contributed by atoms with Crippen LogP contribution in [-0.4, -0.2) is 66.4 Å². The minimum Gasteiger partial charge on any atom is -0.381 e. The molecule has 2 fully saturated rings. The van der Waals surface area contributed by atoms with Gasteiger partial charge in [-0.3, -0.25) is 9.69 Å². The molecule has 2 aliphatic rings. The van der Waals surface area contributed by atoms with Crippen molar-refractivity contribution in [3.05, 3.63) is 41.5 Å². The molecule has 174 valence electrons. The van der Waals surface area contributed by atoms with E-state index in [1.807, 2.05) is 38.1 Å². The van der Waals surface area contributed by atoms with Gasteiger partial charge in [0.1, 0.15) is 5.54 Å². The Kier molecular flexibility index (Phi) is 6.81. The molecule has 3 heterocycles. The first-order valence-corrected chi connectivity index (χ1v) is 11.7. The van der Waals surface area contributed by atoms with Crippen LogP contribution in [0.4, 0.5) is 5.69 Å². The predicted molar refractivity (Wildman–Crippen MR) is 123 cm³/mol.